The molecule has 0 radical (unpaired) electrons. The van der Waals surface area contributed by atoms with Gasteiger partial charge in [-0.1, -0.05) is 70.2 Å². The minimum absolute atomic E-state index is 0.0760. The first-order chi connectivity index (χ1) is 10.9. The predicted molar refractivity (Wildman–Crippen MR) is 95.1 cm³/mol. The molecule has 1 unspecified atom stereocenters. The van der Waals surface area contributed by atoms with Crippen LogP contribution in [0, 0.1) is 5.41 Å². The van der Waals surface area contributed by atoms with E-state index in [4.69, 9.17) is 0 Å². The van der Waals surface area contributed by atoms with Crippen molar-refractivity contribution in [1.82, 2.24) is 5.32 Å². The number of anilines is 1. The topological polar surface area (TPSA) is 15.3 Å². The number of nitrogens with one attached hydrogen (secondary N) is 1. The number of rotatable bonds is 0. The van der Waals surface area contributed by atoms with E-state index in [1.54, 1.807) is 0 Å². The van der Waals surface area contributed by atoms with Crippen molar-refractivity contribution in [3.05, 3.63) is 65.5 Å². The van der Waals surface area contributed by atoms with Gasteiger partial charge >= 0.3 is 0 Å². The highest BCUT2D eigenvalue weighted by Crippen LogP contribution is 2.62. The van der Waals surface area contributed by atoms with Crippen LogP contribution < -0.4 is 10.2 Å². The minimum Gasteiger partial charge on any atom is -0.366 e. The van der Waals surface area contributed by atoms with Gasteiger partial charge in [-0.25, -0.2) is 0 Å². The van der Waals surface area contributed by atoms with Gasteiger partial charge in [-0.15, -0.1) is 0 Å². The Kier molecular flexibility index (Phi) is 2.19. The molecule has 2 nitrogen and oxygen atoms in total. The Balaban J connectivity index is 1.94. The standard InChI is InChI=1S/C21H22N2/c1-20(2)16-11-7-10-14-13-8-5-6-9-15(13)19-22-12-17(21(20,3)4)23(19)18(14)16/h5-12,19,22H,1-4H3. The SMILES string of the molecule is CC1(C)C2=CNC3c4ccccc4-c4cccc(c4N23)C1(C)C. The van der Waals surface area contributed by atoms with Crippen molar-refractivity contribution >= 4 is 5.69 Å². The summed E-state index contributed by atoms with van der Waals surface area (Å²) in [6.45, 7) is 9.52. The zero-order valence-electron chi connectivity index (χ0n) is 14.1. The molecule has 3 heterocycles. The Labute approximate surface area is 137 Å². The lowest BCUT2D eigenvalue weighted by Crippen LogP contribution is -2.49. The molecule has 23 heavy (non-hydrogen) atoms. The van der Waals surface area contributed by atoms with Gasteiger partial charge in [0.05, 0.1) is 5.69 Å². The van der Waals surface area contributed by atoms with Crippen LogP contribution in [0.1, 0.15) is 45.0 Å². The van der Waals surface area contributed by atoms with Crippen molar-refractivity contribution in [3.8, 4) is 11.1 Å². The fourth-order valence-corrected chi connectivity index (χ4v) is 4.56. The third-order valence-electron chi connectivity index (χ3n) is 6.59. The van der Waals surface area contributed by atoms with Crippen LogP contribution in [0.2, 0.25) is 0 Å². The first-order valence-electron chi connectivity index (χ1n) is 8.43. The smallest absolute Gasteiger partial charge is 0.130 e. The van der Waals surface area contributed by atoms with Crippen LogP contribution in [0.15, 0.2) is 54.4 Å². The van der Waals surface area contributed by atoms with Crippen molar-refractivity contribution in [3.63, 3.8) is 0 Å². The predicted octanol–water partition coefficient (Wildman–Crippen LogP) is 4.93. The zero-order valence-corrected chi connectivity index (χ0v) is 14.1. The highest BCUT2D eigenvalue weighted by atomic mass is 15.3. The zero-order chi connectivity index (χ0) is 16.0. The molecule has 2 aromatic rings. The number of nitrogens with zero attached hydrogens (tertiary/aromatic N) is 1. The van der Waals surface area contributed by atoms with Crippen LogP contribution >= 0.6 is 0 Å². The molecule has 0 amide bonds. The van der Waals surface area contributed by atoms with Gasteiger partial charge in [0, 0.05) is 33.9 Å². The maximum absolute atomic E-state index is 3.65. The average Bonchev–Trinajstić information content (AvgIpc) is 2.99. The second kappa shape index (κ2) is 3.81. The summed E-state index contributed by atoms with van der Waals surface area (Å²) < 4.78 is 0. The first-order valence-corrected chi connectivity index (χ1v) is 8.43. The lowest BCUT2D eigenvalue weighted by atomic mass is 9.59. The normalized spacial score (nSPS) is 24.4. The van der Waals surface area contributed by atoms with E-state index in [0.717, 1.165) is 0 Å². The second-order valence-electron chi connectivity index (χ2n) is 8.01. The molecule has 3 aliphatic rings. The quantitative estimate of drug-likeness (QED) is 0.742. The number of hydrogen-bond acceptors (Lipinski definition) is 2. The van der Waals surface area contributed by atoms with Gasteiger partial charge in [0.1, 0.15) is 6.17 Å². The molecular formula is C21H22N2. The van der Waals surface area contributed by atoms with Crippen LogP contribution in [0.25, 0.3) is 11.1 Å². The van der Waals surface area contributed by atoms with Gasteiger partial charge in [0.2, 0.25) is 0 Å². The van der Waals surface area contributed by atoms with Crippen molar-refractivity contribution < 1.29 is 0 Å². The van der Waals surface area contributed by atoms with E-state index in [9.17, 15) is 0 Å². The highest BCUT2D eigenvalue weighted by Gasteiger charge is 2.54. The maximum atomic E-state index is 3.65. The fraction of sp³-hybridized carbons (Fsp3) is 0.333. The molecular weight excluding hydrogens is 280 g/mol. The van der Waals surface area contributed by atoms with Crippen molar-refractivity contribution in [2.24, 2.45) is 5.41 Å². The number of benzene rings is 2. The van der Waals surface area contributed by atoms with Crippen LogP contribution in [0.3, 0.4) is 0 Å². The molecule has 0 bridgehead atoms. The molecule has 0 saturated carbocycles. The third-order valence-corrected chi connectivity index (χ3v) is 6.59. The molecule has 0 aliphatic carbocycles. The Hall–Kier alpha value is -2.22. The number of para-hydroxylation sites is 1. The van der Waals surface area contributed by atoms with Crippen LogP contribution in [0.5, 0.6) is 0 Å². The van der Waals surface area contributed by atoms with E-state index >= 15 is 0 Å². The molecule has 1 atom stereocenters. The summed E-state index contributed by atoms with van der Waals surface area (Å²) in [5.41, 5.74) is 8.53. The summed E-state index contributed by atoms with van der Waals surface area (Å²) in [6, 6.07) is 15.6. The monoisotopic (exact) mass is 302 g/mol. The van der Waals surface area contributed by atoms with E-state index in [0.29, 0.717) is 0 Å². The van der Waals surface area contributed by atoms with Crippen LogP contribution in [-0.4, -0.2) is 0 Å². The third kappa shape index (κ3) is 1.32. The molecule has 0 saturated heterocycles. The molecule has 116 valence electrons. The van der Waals surface area contributed by atoms with Gasteiger partial charge in [0.25, 0.3) is 0 Å². The van der Waals surface area contributed by atoms with Crippen molar-refractivity contribution in [2.45, 2.75) is 39.3 Å². The molecule has 5 rings (SSSR count). The van der Waals surface area contributed by atoms with E-state index < -0.39 is 0 Å². The molecule has 3 aliphatic heterocycles. The summed E-state index contributed by atoms with van der Waals surface area (Å²) in [5.74, 6) is 0. The average molecular weight is 302 g/mol. The Morgan fingerprint density at radius 2 is 1.61 bits per heavy atom. The highest BCUT2D eigenvalue weighted by molar-refractivity contribution is 5.90. The number of allylic oxidation sites excluding steroid dienone is 1. The van der Waals surface area contributed by atoms with E-state index in [1.807, 2.05) is 0 Å². The summed E-state index contributed by atoms with van der Waals surface area (Å²) in [5, 5.41) is 3.65. The van der Waals surface area contributed by atoms with Gasteiger partial charge in [-0.05, 0) is 11.1 Å². The molecule has 0 spiro atoms. The largest absolute Gasteiger partial charge is 0.366 e. The van der Waals surface area contributed by atoms with Crippen molar-refractivity contribution in [1.29, 1.82) is 0 Å². The minimum atomic E-state index is 0.0760. The van der Waals surface area contributed by atoms with Crippen LogP contribution in [-0.2, 0) is 5.41 Å². The summed E-state index contributed by atoms with van der Waals surface area (Å²) in [7, 11) is 0. The van der Waals surface area contributed by atoms with Gasteiger partial charge in [-0.3, -0.25) is 0 Å². The van der Waals surface area contributed by atoms with Gasteiger partial charge in [0.15, 0.2) is 0 Å². The summed E-state index contributed by atoms with van der Waals surface area (Å²) in [6.07, 6.45) is 2.47. The second-order valence-corrected chi connectivity index (χ2v) is 8.01. The number of fused-ring (bicyclic) bond motifs is 3. The molecule has 0 aromatic heterocycles. The van der Waals surface area contributed by atoms with E-state index in [2.05, 4.69) is 86.6 Å². The van der Waals surface area contributed by atoms with Gasteiger partial charge < -0.3 is 10.2 Å². The number of hydrogen-bond donors (Lipinski definition) is 1. The first kappa shape index (κ1) is 13.2. The summed E-state index contributed by atoms with van der Waals surface area (Å²) >= 11 is 0. The molecule has 0 fully saturated rings. The van der Waals surface area contributed by atoms with Gasteiger partial charge in [-0.2, -0.15) is 0 Å². The molecule has 1 N–H and O–H groups in total. The lowest BCUT2D eigenvalue weighted by molar-refractivity contribution is 0.232. The Bertz CT molecular complexity index is 873. The van der Waals surface area contributed by atoms with E-state index in [1.165, 1.54) is 33.6 Å². The van der Waals surface area contributed by atoms with Crippen molar-refractivity contribution in [2.75, 3.05) is 4.90 Å². The molecule has 2 heteroatoms. The Morgan fingerprint density at radius 3 is 2.43 bits per heavy atom. The van der Waals surface area contributed by atoms with Crippen LogP contribution in [0.4, 0.5) is 5.69 Å². The lowest BCUT2D eigenvalue weighted by Gasteiger charge is -2.54. The maximum Gasteiger partial charge on any atom is 0.130 e. The molecule has 2 aromatic carbocycles. The summed E-state index contributed by atoms with van der Waals surface area (Å²) in [4.78, 5) is 2.54. The van der Waals surface area contributed by atoms with E-state index in [-0.39, 0.29) is 17.0 Å². The fourth-order valence-electron chi connectivity index (χ4n) is 4.56. The Morgan fingerprint density at radius 1 is 0.870 bits per heavy atom.